The molecule has 2 heteroatoms. The highest BCUT2D eigenvalue weighted by atomic mass is 15.1. The topological polar surface area (TPSA) is 15.3 Å². The molecule has 0 unspecified atom stereocenters. The SMILES string of the molecule is CNCC1CCN(CCC(C)(C)C)CC1. The van der Waals surface area contributed by atoms with Crippen LogP contribution in [0, 0.1) is 11.3 Å². The Bertz CT molecular complexity index is 164. The Morgan fingerprint density at radius 1 is 1.20 bits per heavy atom. The lowest BCUT2D eigenvalue weighted by molar-refractivity contribution is 0.163. The summed E-state index contributed by atoms with van der Waals surface area (Å²) < 4.78 is 0. The number of nitrogens with zero attached hydrogens (tertiary/aromatic N) is 1. The second-order valence-corrected chi connectivity index (χ2v) is 6.15. The van der Waals surface area contributed by atoms with Crippen molar-refractivity contribution in [3.8, 4) is 0 Å². The van der Waals surface area contributed by atoms with E-state index in [1.165, 1.54) is 45.4 Å². The Labute approximate surface area is 95.4 Å². The minimum absolute atomic E-state index is 0.488. The first-order valence-corrected chi connectivity index (χ1v) is 6.38. The van der Waals surface area contributed by atoms with Crippen LogP contribution in [0.1, 0.15) is 40.0 Å². The summed E-state index contributed by atoms with van der Waals surface area (Å²) in [4.78, 5) is 2.64. The van der Waals surface area contributed by atoms with E-state index in [-0.39, 0.29) is 0 Å². The van der Waals surface area contributed by atoms with Gasteiger partial charge in [0, 0.05) is 0 Å². The molecule has 0 bridgehead atoms. The first-order chi connectivity index (χ1) is 7.01. The van der Waals surface area contributed by atoms with Gasteiger partial charge in [0.25, 0.3) is 0 Å². The molecule has 1 aliphatic heterocycles. The van der Waals surface area contributed by atoms with Gasteiger partial charge in [0.05, 0.1) is 0 Å². The fourth-order valence-corrected chi connectivity index (χ4v) is 2.20. The Balaban J connectivity index is 2.15. The molecule has 0 aliphatic carbocycles. The van der Waals surface area contributed by atoms with Crippen LogP contribution in [-0.4, -0.2) is 38.1 Å². The van der Waals surface area contributed by atoms with E-state index in [0.29, 0.717) is 5.41 Å². The summed E-state index contributed by atoms with van der Waals surface area (Å²) in [6, 6.07) is 0. The van der Waals surface area contributed by atoms with Crippen LogP contribution in [0.15, 0.2) is 0 Å². The highest BCUT2D eigenvalue weighted by Crippen LogP contribution is 2.21. The lowest BCUT2D eigenvalue weighted by atomic mass is 9.91. The fourth-order valence-electron chi connectivity index (χ4n) is 2.20. The van der Waals surface area contributed by atoms with Crippen molar-refractivity contribution in [2.24, 2.45) is 11.3 Å². The number of piperidine rings is 1. The molecule has 0 atom stereocenters. The Hall–Kier alpha value is -0.0800. The molecule has 0 aromatic heterocycles. The Morgan fingerprint density at radius 3 is 2.27 bits per heavy atom. The van der Waals surface area contributed by atoms with Gasteiger partial charge in [-0.2, -0.15) is 0 Å². The molecule has 0 spiro atoms. The van der Waals surface area contributed by atoms with Gasteiger partial charge in [-0.25, -0.2) is 0 Å². The number of rotatable bonds is 4. The van der Waals surface area contributed by atoms with Crippen LogP contribution in [-0.2, 0) is 0 Å². The van der Waals surface area contributed by atoms with Crippen LogP contribution in [0.2, 0.25) is 0 Å². The lowest BCUT2D eigenvalue weighted by Crippen LogP contribution is -2.38. The van der Waals surface area contributed by atoms with E-state index in [1.807, 2.05) is 0 Å². The Kier molecular flexibility index (Phi) is 5.07. The highest BCUT2D eigenvalue weighted by Gasteiger charge is 2.19. The maximum Gasteiger partial charge on any atom is -0.00137 e. The summed E-state index contributed by atoms with van der Waals surface area (Å²) >= 11 is 0. The maximum atomic E-state index is 3.29. The molecule has 1 fully saturated rings. The molecule has 0 aromatic rings. The molecular formula is C13H28N2. The van der Waals surface area contributed by atoms with Crippen LogP contribution in [0.25, 0.3) is 0 Å². The monoisotopic (exact) mass is 212 g/mol. The minimum atomic E-state index is 0.488. The average Bonchev–Trinajstić information content (AvgIpc) is 2.16. The predicted octanol–water partition coefficient (Wildman–Crippen LogP) is 2.35. The second kappa shape index (κ2) is 5.86. The molecule has 1 aliphatic rings. The smallest absolute Gasteiger partial charge is 0.00137 e. The van der Waals surface area contributed by atoms with E-state index >= 15 is 0 Å². The predicted molar refractivity (Wildman–Crippen MR) is 67.2 cm³/mol. The molecule has 0 amide bonds. The summed E-state index contributed by atoms with van der Waals surface area (Å²) in [6.45, 7) is 12.1. The van der Waals surface area contributed by atoms with Gasteiger partial charge < -0.3 is 10.2 Å². The standard InChI is InChI=1S/C13H28N2/c1-13(2,3)7-10-15-8-5-12(6-9-15)11-14-4/h12,14H,5-11H2,1-4H3. The number of likely N-dealkylation sites (tertiary alicyclic amines) is 1. The van der Waals surface area contributed by atoms with Crippen molar-refractivity contribution in [2.75, 3.05) is 33.2 Å². The van der Waals surface area contributed by atoms with Gasteiger partial charge in [-0.05, 0) is 63.8 Å². The third-order valence-electron chi connectivity index (χ3n) is 3.38. The molecule has 0 radical (unpaired) electrons. The Morgan fingerprint density at radius 2 is 1.80 bits per heavy atom. The van der Waals surface area contributed by atoms with Gasteiger partial charge in [-0.3, -0.25) is 0 Å². The van der Waals surface area contributed by atoms with Gasteiger partial charge >= 0.3 is 0 Å². The zero-order valence-corrected chi connectivity index (χ0v) is 11.0. The average molecular weight is 212 g/mol. The summed E-state index contributed by atoms with van der Waals surface area (Å²) in [5.74, 6) is 0.917. The van der Waals surface area contributed by atoms with Crippen molar-refractivity contribution in [3.05, 3.63) is 0 Å². The largest absolute Gasteiger partial charge is 0.319 e. The van der Waals surface area contributed by atoms with Crippen LogP contribution in [0.5, 0.6) is 0 Å². The van der Waals surface area contributed by atoms with Gasteiger partial charge in [-0.15, -0.1) is 0 Å². The van der Waals surface area contributed by atoms with E-state index in [2.05, 4.69) is 38.0 Å². The van der Waals surface area contributed by atoms with Crippen LogP contribution in [0.4, 0.5) is 0 Å². The van der Waals surface area contributed by atoms with E-state index in [1.54, 1.807) is 0 Å². The van der Waals surface area contributed by atoms with Crippen molar-refractivity contribution >= 4 is 0 Å². The van der Waals surface area contributed by atoms with Gasteiger partial charge in [0.1, 0.15) is 0 Å². The zero-order chi connectivity index (χ0) is 11.3. The van der Waals surface area contributed by atoms with Crippen molar-refractivity contribution < 1.29 is 0 Å². The second-order valence-electron chi connectivity index (χ2n) is 6.15. The first-order valence-electron chi connectivity index (χ1n) is 6.38. The van der Waals surface area contributed by atoms with Crippen molar-refractivity contribution in [1.29, 1.82) is 0 Å². The van der Waals surface area contributed by atoms with E-state index < -0.39 is 0 Å². The van der Waals surface area contributed by atoms with E-state index in [4.69, 9.17) is 0 Å². The number of hydrogen-bond acceptors (Lipinski definition) is 2. The van der Waals surface area contributed by atoms with Crippen LogP contribution in [0.3, 0.4) is 0 Å². The van der Waals surface area contributed by atoms with Crippen LogP contribution >= 0.6 is 0 Å². The molecule has 0 saturated carbocycles. The first kappa shape index (κ1) is 13.0. The fraction of sp³-hybridized carbons (Fsp3) is 1.00. The van der Waals surface area contributed by atoms with Gasteiger partial charge in [-0.1, -0.05) is 20.8 Å². The molecule has 15 heavy (non-hydrogen) atoms. The quantitative estimate of drug-likeness (QED) is 0.769. The third kappa shape index (κ3) is 5.53. The summed E-state index contributed by atoms with van der Waals surface area (Å²) in [5.41, 5.74) is 0.488. The van der Waals surface area contributed by atoms with Crippen molar-refractivity contribution in [3.63, 3.8) is 0 Å². The van der Waals surface area contributed by atoms with E-state index in [0.717, 1.165) is 5.92 Å². The zero-order valence-electron chi connectivity index (χ0n) is 11.0. The maximum absolute atomic E-state index is 3.29. The molecule has 1 N–H and O–H groups in total. The van der Waals surface area contributed by atoms with E-state index in [9.17, 15) is 0 Å². The molecule has 1 rings (SSSR count). The molecule has 1 heterocycles. The summed E-state index contributed by atoms with van der Waals surface area (Å²) in [6.07, 6.45) is 4.08. The minimum Gasteiger partial charge on any atom is -0.319 e. The summed E-state index contributed by atoms with van der Waals surface area (Å²) in [7, 11) is 2.06. The molecule has 2 nitrogen and oxygen atoms in total. The molecule has 90 valence electrons. The molecular weight excluding hydrogens is 184 g/mol. The van der Waals surface area contributed by atoms with Crippen LogP contribution < -0.4 is 5.32 Å². The summed E-state index contributed by atoms with van der Waals surface area (Å²) in [5, 5.41) is 3.29. The number of hydrogen-bond donors (Lipinski definition) is 1. The van der Waals surface area contributed by atoms with Crippen molar-refractivity contribution in [2.45, 2.75) is 40.0 Å². The number of nitrogens with one attached hydrogen (secondary N) is 1. The van der Waals surface area contributed by atoms with Gasteiger partial charge in [0.15, 0.2) is 0 Å². The normalized spacial score (nSPS) is 20.8. The molecule has 1 saturated heterocycles. The third-order valence-corrected chi connectivity index (χ3v) is 3.38. The van der Waals surface area contributed by atoms with Gasteiger partial charge in [0.2, 0.25) is 0 Å². The highest BCUT2D eigenvalue weighted by molar-refractivity contribution is 4.74. The molecule has 0 aromatic carbocycles. The lowest BCUT2D eigenvalue weighted by Gasteiger charge is -2.33. The van der Waals surface area contributed by atoms with Crippen molar-refractivity contribution in [1.82, 2.24) is 10.2 Å².